The van der Waals surface area contributed by atoms with E-state index in [-0.39, 0.29) is 17.3 Å². The largest absolute Gasteiger partial charge is 0.464 e. The normalized spacial score (nSPS) is 10.1. The van der Waals surface area contributed by atoms with Crippen molar-refractivity contribution in [1.82, 2.24) is 0 Å². The predicted octanol–water partition coefficient (Wildman–Crippen LogP) is 3.23. The molecule has 0 atom stereocenters. The minimum absolute atomic E-state index is 0.0225. The fourth-order valence-corrected chi connectivity index (χ4v) is 1.36. The maximum absolute atomic E-state index is 13.4. The van der Waals surface area contributed by atoms with Crippen molar-refractivity contribution in [3.8, 4) is 0 Å². The Labute approximate surface area is 105 Å². The number of hydrogen-bond acceptors (Lipinski definition) is 3. The third-order valence-electron chi connectivity index (χ3n) is 2.14. The lowest BCUT2D eigenvalue weighted by atomic mass is 10.3. The highest BCUT2D eigenvalue weighted by atomic mass is 35.5. The molecular formula is C12H15ClFNO2. The van der Waals surface area contributed by atoms with Crippen LogP contribution < -0.4 is 5.32 Å². The Kier molecular flexibility index (Phi) is 5.77. The van der Waals surface area contributed by atoms with Crippen molar-refractivity contribution in [3.63, 3.8) is 0 Å². The van der Waals surface area contributed by atoms with Crippen LogP contribution in [-0.2, 0) is 9.53 Å². The van der Waals surface area contributed by atoms with Gasteiger partial charge in [-0.15, -0.1) is 0 Å². The molecule has 0 spiro atoms. The fraction of sp³-hybridized carbons (Fsp3) is 0.417. The first-order valence-corrected chi connectivity index (χ1v) is 5.86. The van der Waals surface area contributed by atoms with Gasteiger partial charge in [-0.25, -0.2) is 4.39 Å². The Hall–Kier alpha value is -1.29. The molecule has 0 bridgehead atoms. The lowest BCUT2D eigenvalue weighted by Crippen LogP contribution is -2.18. The summed E-state index contributed by atoms with van der Waals surface area (Å²) in [7, 11) is 0. The van der Waals surface area contributed by atoms with Crippen LogP contribution in [0.2, 0.25) is 5.02 Å². The number of ether oxygens (including phenoxy) is 1. The van der Waals surface area contributed by atoms with Crippen LogP contribution >= 0.6 is 11.6 Å². The summed E-state index contributed by atoms with van der Waals surface area (Å²) in [6.07, 6.45) is 1.79. The zero-order chi connectivity index (χ0) is 12.7. The molecule has 5 heteroatoms. The summed E-state index contributed by atoms with van der Waals surface area (Å²) in [4.78, 5) is 11.2. The van der Waals surface area contributed by atoms with E-state index < -0.39 is 11.8 Å². The Bertz CT molecular complexity index is 385. The van der Waals surface area contributed by atoms with Gasteiger partial charge in [0.05, 0.1) is 17.3 Å². The monoisotopic (exact) mass is 259 g/mol. The zero-order valence-electron chi connectivity index (χ0n) is 9.63. The molecule has 0 saturated carbocycles. The number of halogens is 2. The van der Waals surface area contributed by atoms with E-state index >= 15 is 0 Å². The quantitative estimate of drug-likeness (QED) is 0.630. The second-order valence-electron chi connectivity index (χ2n) is 3.53. The molecule has 1 rings (SSSR count). The van der Waals surface area contributed by atoms with E-state index in [1.54, 1.807) is 6.07 Å². The zero-order valence-corrected chi connectivity index (χ0v) is 10.4. The summed E-state index contributed by atoms with van der Waals surface area (Å²) in [5.74, 6) is -0.964. The van der Waals surface area contributed by atoms with Gasteiger partial charge in [0.2, 0.25) is 0 Å². The van der Waals surface area contributed by atoms with Crippen molar-refractivity contribution in [2.45, 2.75) is 19.8 Å². The van der Waals surface area contributed by atoms with E-state index in [1.807, 2.05) is 6.92 Å². The van der Waals surface area contributed by atoms with E-state index in [0.29, 0.717) is 6.61 Å². The Morgan fingerprint density at radius 2 is 2.29 bits per heavy atom. The molecule has 0 aliphatic heterocycles. The minimum Gasteiger partial charge on any atom is -0.464 e. The number of nitrogens with one attached hydrogen (secondary N) is 1. The summed E-state index contributed by atoms with van der Waals surface area (Å²) >= 11 is 5.60. The highest BCUT2D eigenvalue weighted by Crippen LogP contribution is 2.21. The number of unbranched alkanes of at least 4 members (excludes halogenated alkanes) is 1. The molecule has 0 radical (unpaired) electrons. The van der Waals surface area contributed by atoms with Gasteiger partial charge in [0.15, 0.2) is 5.82 Å². The van der Waals surface area contributed by atoms with Gasteiger partial charge in [0.25, 0.3) is 0 Å². The fourth-order valence-electron chi connectivity index (χ4n) is 1.19. The molecule has 0 fully saturated rings. The number of benzene rings is 1. The van der Waals surface area contributed by atoms with Crippen LogP contribution in [0.25, 0.3) is 0 Å². The molecule has 0 unspecified atom stereocenters. The maximum atomic E-state index is 13.4. The number of esters is 1. The number of anilines is 1. The van der Waals surface area contributed by atoms with E-state index in [2.05, 4.69) is 5.32 Å². The molecule has 3 nitrogen and oxygen atoms in total. The van der Waals surface area contributed by atoms with Gasteiger partial charge in [-0.05, 0) is 18.6 Å². The van der Waals surface area contributed by atoms with Gasteiger partial charge in [0.1, 0.15) is 6.54 Å². The molecule has 1 aromatic rings. The summed E-state index contributed by atoms with van der Waals surface area (Å²) in [5, 5.41) is 2.67. The van der Waals surface area contributed by atoms with Crippen molar-refractivity contribution < 1.29 is 13.9 Å². The average molecular weight is 260 g/mol. The first kappa shape index (κ1) is 13.8. The smallest absolute Gasteiger partial charge is 0.325 e. The lowest BCUT2D eigenvalue weighted by Gasteiger charge is -2.08. The highest BCUT2D eigenvalue weighted by Gasteiger charge is 2.08. The summed E-state index contributed by atoms with van der Waals surface area (Å²) in [5.41, 5.74) is 0.199. The van der Waals surface area contributed by atoms with Gasteiger partial charge in [0, 0.05) is 0 Å². The molecule has 0 amide bonds. The van der Waals surface area contributed by atoms with Crippen LogP contribution in [0.1, 0.15) is 19.8 Å². The molecular weight excluding hydrogens is 245 g/mol. The minimum atomic E-state index is -0.560. The Balaban J connectivity index is 2.39. The topological polar surface area (TPSA) is 38.3 Å². The first-order valence-electron chi connectivity index (χ1n) is 5.48. The SMILES string of the molecule is CCCCOC(=O)CNc1cccc(Cl)c1F. The molecule has 0 aliphatic carbocycles. The van der Waals surface area contributed by atoms with Crippen LogP contribution in [-0.4, -0.2) is 19.1 Å². The third-order valence-corrected chi connectivity index (χ3v) is 2.43. The average Bonchev–Trinajstić information content (AvgIpc) is 2.31. The van der Waals surface area contributed by atoms with Crippen LogP contribution in [0.5, 0.6) is 0 Å². The third kappa shape index (κ3) is 4.61. The van der Waals surface area contributed by atoms with E-state index in [1.165, 1.54) is 12.1 Å². The van der Waals surface area contributed by atoms with Crippen molar-refractivity contribution in [3.05, 3.63) is 29.0 Å². The standard InChI is InChI=1S/C12H15ClFNO2/c1-2-3-7-17-11(16)8-15-10-6-4-5-9(13)12(10)14/h4-6,15H,2-3,7-8H2,1H3. The second-order valence-corrected chi connectivity index (χ2v) is 3.94. The van der Waals surface area contributed by atoms with Crippen molar-refractivity contribution in [2.75, 3.05) is 18.5 Å². The van der Waals surface area contributed by atoms with E-state index in [4.69, 9.17) is 16.3 Å². The van der Waals surface area contributed by atoms with Crippen LogP contribution in [0.3, 0.4) is 0 Å². The van der Waals surface area contributed by atoms with Crippen LogP contribution in [0.15, 0.2) is 18.2 Å². The van der Waals surface area contributed by atoms with Gasteiger partial charge < -0.3 is 10.1 Å². The molecule has 17 heavy (non-hydrogen) atoms. The van der Waals surface area contributed by atoms with Gasteiger partial charge >= 0.3 is 5.97 Å². The van der Waals surface area contributed by atoms with Gasteiger partial charge in [-0.2, -0.15) is 0 Å². The number of carbonyl (C=O) groups is 1. The van der Waals surface area contributed by atoms with Crippen LogP contribution in [0, 0.1) is 5.82 Å². The molecule has 1 N–H and O–H groups in total. The number of carbonyl (C=O) groups excluding carboxylic acids is 1. The van der Waals surface area contributed by atoms with Gasteiger partial charge in [-0.1, -0.05) is 31.0 Å². The predicted molar refractivity (Wildman–Crippen MR) is 65.8 cm³/mol. The summed E-state index contributed by atoms with van der Waals surface area (Å²) in [6.45, 7) is 2.34. The number of rotatable bonds is 6. The summed E-state index contributed by atoms with van der Waals surface area (Å²) < 4.78 is 18.3. The second kappa shape index (κ2) is 7.12. The molecule has 1 aromatic carbocycles. The molecule has 0 aliphatic rings. The van der Waals surface area contributed by atoms with Crippen molar-refractivity contribution >= 4 is 23.3 Å². The van der Waals surface area contributed by atoms with Crippen molar-refractivity contribution in [2.24, 2.45) is 0 Å². The maximum Gasteiger partial charge on any atom is 0.325 e. The van der Waals surface area contributed by atoms with Crippen molar-refractivity contribution in [1.29, 1.82) is 0 Å². The molecule has 0 heterocycles. The van der Waals surface area contributed by atoms with E-state index in [0.717, 1.165) is 12.8 Å². The lowest BCUT2D eigenvalue weighted by molar-refractivity contribution is -0.141. The van der Waals surface area contributed by atoms with Crippen LogP contribution in [0.4, 0.5) is 10.1 Å². The molecule has 94 valence electrons. The van der Waals surface area contributed by atoms with E-state index in [9.17, 15) is 9.18 Å². The molecule has 0 aromatic heterocycles. The van der Waals surface area contributed by atoms with Gasteiger partial charge in [-0.3, -0.25) is 4.79 Å². The Morgan fingerprint density at radius 3 is 3.00 bits per heavy atom. The molecule has 0 saturated heterocycles. The first-order chi connectivity index (χ1) is 8.15. The highest BCUT2D eigenvalue weighted by molar-refractivity contribution is 6.31. The Morgan fingerprint density at radius 1 is 1.53 bits per heavy atom. The number of hydrogen-bond donors (Lipinski definition) is 1. The summed E-state index contributed by atoms with van der Waals surface area (Å²) in [6, 6.07) is 4.57.